The van der Waals surface area contributed by atoms with Crippen LogP contribution in [0.25, 0.3) is 0 Å². The first-order valence-electron chi connectivity index (χ1n) is 12.5. The van der Waals surface area contributed by atoms with Crippen LogP contribution in [-0.4, -0.2) is 33.1 Å². The van der Waals surface area contributed by atoms with Crippen molar-refractivity contribution in [2.75, 3.05) is 17.2 Å². The van der Waals surface area contributed by atoms with E-state index in [0.29, 0.717) is 17.4 Å². The van der Waals surface area contributed by atoms with Crippen LogP contribution in [0.5, 0.6) is 0 Å². The van der Waals surface area contributed by atoms with Crippen LogP contribution in [0.1, 0.15) is 71.9 Å². The van der Waals surface area contributed by atoms with E-state index in [9.17, 15) is 9.59 Å². The molecule has 3 N–H and O–H groups in total. The first kappa shape index (κ1) is 23.5. The van der Waals surface area contributed by atoms with Gasteiger partial charge < -0.3 is 16.0 Å². The minimum atomic E-state index is -0.0424. The number of amides is 2. The van der Waals surface area contributed by atoms with Gasteiger partial charge in [-0.25, -0.2) is 4.68 Å². The molecule has 7 nitrogen and oxygen atoms in total. The molecular weight excluding hydrogens is 466 g/mol. The average molecular weight is 500 g/mol. The molecule has 2 saturated carbocycles. The molecule has 0 saturated heterocycles. The Bertz CT molecular complexity index is 1110. The predicted molar refractivity (Wildman–Crippen MR) is 140 cm³/mol. The molecule has 0 spiro atoms. The van der Waals surface area contributed by atoms with Gasteiger partial charge in [-0.1, -0.05) is 12.2 Å². The summed E-state index contributed by atoms with van der Waals surface area (Å²) in [7, 11) is 0. The third-order valence-corrected chi connectivity index (χ3v) is 8.44. The fourth-order valence-electron chi connectivity index (χ4n) is 4.71. The van der Waals surface area contributed by atoms with Crippen LogP contribution in [0.4, 0.5) is 10.8 Å². The molecule has 34 heavy (non-hydrogen) atoms. The number of hydrogen-bond donors (Lipinski definition) is 3. The van der Waals surface area contributed by atoms with Gasteiger partial charge in [0.25, 0.3) is 5.91 Å². The highest BCUT2D eigenvalue weighted by Crippen LogP contribution is 2.42. The largest absolute Gasteiger partial charge is 0.352 e. The van der Waals surface area contributed by atoms with Crippen molar-refractivity contribution in [1.82, 2.24) is 15.1 Å². The molecule has 5 rings (SSSR count). The molecule has 0 bridgehead atoms. The van der Waals surface area contributed by atoms with Crippen molar-refractivity contribution in [3.8, 4) is 0 Å². The molecule has 1 atom stereocenters. The van der Waals surface area contributed by atoms with Gasteiger partial charge in [0.2, 0.25) is 5.91 Å². The number of aromatic nitrogens is 2. The topological polar surface area (TPSA) is 88.1 Å². The summed E-state index contributed by atoms with van der Waals surface area (Å²) in [6, 6.07) is 2.02. The van der Waals surface area contributed by atoms with Gasteiger partial charge in [0, 0.05) is 36.4 Å². The van der Waals surface area contributed by atoms with E-state index >= 15 is 0 Å². The Kier molecular flexibility index (Phi) is 6.75. The number of nitrogens with zero attached hydrogens (tertiary/aromatic N) is 2. The van der Waals surface area contributed by atoms with Gasteiger partial charge in [-0.15, -0.1) is 11.3 Å². The maximum atomic E-state index is 13.2. The highest BCUT2D eigenvalue weighted by Gasteiger charge is 2.34. The van der Waals surface area contributed by atoms with Gasteiger partial charge in [-0.3, -0.25) is 9.59 Å². The number of hydrogen-bond acceptors (Lipinski definition) is 5. The second-order valence-corrected chi connectivity index (χ2v) is 11.6. The Hall–Kier alpha value is -2.26. The minimum absolute atomic E-state index is 0.0424. The molecule has 3 aliphatic carbocycles. The second kappa shape index (κ2) is 9.77. The van der Waals surface area contributed by atoms with Crippen LogP contribution >= 0.6 is 23.6 Å². The molecule has 182 valence electrons. The van der Waals surface area contributed by atoms with Crippen molar-refractivity contribution in [2.45, 2.75) is 71.8 Å². The average Bonchev–Trinajstić information content (AvgIpc) is 3.72. The zero-order valence-electron chi connectivity index (χ0n) is 19.9. The first-order chi connectivity index (χ1) is 16.4. The maximum absolute atomic E-state index is 13.2. The summed E-state index contributed by atoms with van der Waals surface area (Å²) in [6.07, 6.45) is 7.80. The summed E-state index contributed by atoms with van der Waals surface area (Å²) in [4.78, 5) is 27.8. The third-order valence-electron chi connectivity index (χ3n) is 6.97. The SMILES string of the molecule is CCn1nc(C)cc1NC(=S)C[C@H]1CCc2sc(NC(=O)C3CC3)c(C(=O)NCC3CC3)c2C1. The third kappa shape index (κ3) is 5.35. The normalized spacial score (nSPS) is 19.4. The molecule has 2 aromatic heterocycles. The van der Waals surface area contributed by atoms with Crippen molar-refractivity contribution < 1.29 is 9.59 Å². The fourth-order valence-corrected chi connectivity index (χ4v) is 6.29. The maximum Gasteiger partial charge on any atom is 0.254 e. The van der Waals surface area contributed by atoms with Crippen molar-refractivity contribution in [3.63, 3.8) is 0 Å². The van der Waals surface area contributed by atoms with Gasteiger partial charge >= 0.3 is 0 Å². The number of carbonyl (C=O) groups is 2. The quantitative estimate of drug-likeness (QED) is 0.436. The van der Waals surface area contributed by atoms with E-state index in [4.69, 9.17) is 12.2 Å². The van der Waals surface area contributed by atoms with Crippen molar-refractivity contribution in [3.05, 3.63) is 27.8 Å². The zero-order chi connectivity index (χ0) is 23.8. The Morgan fingerprint density at radius 3 is 2.68 bits per heavy atom. The minimum Gasteiger partial charge on any atom is -0.352 e. The molecule has 2 heterocycles. The number of nitrogens with one attached hydrogen (secondary N) is 3. The van der Waals surface area contributed by atoms with Crippen LogP contribution in [0.2, 0.25) is 0 Å². The highest BCUT2D eigenvalue weighted by atomic mass is 32.1. The Morgan fingerprint density at radius 2 is 1.97 bits per heavy atom. The summed E-state index contributed by atoms with van der Waals surface area (Å²) in [6.45, 7) is 5.56. The lowest BCUT2D eigenvalue weighted by Gasteiger charge is -2.23. The fraction of sp³-hybridized carbons (Fsp3) is 0.600. The number of aryl methyl sites for hydroxylation is 3. The Labute approximate surface area is 210 Å². The number of anilines is 2. The van der Waals surface area contributed by atoms with Gasteiger partial charge in [-0.2, -0.15) is 5.10 Å². The predicted octanol–water partition coefficient (Wildman–Crippen LogP) is 4.70. The second-order valence-electron chi connectivity index (χ2n) is 9.97. The smallest absolute Gasteiger partial charge is 0.254 e. The number of thiocarbonyl (C=S) groups is 1. The molecule has 0 radical (unpaired) electrons. The monoisotopic (exact) mass is 499 g/mol. The summed E-state index contributed by atoms with van der Waals surface area (Å²) in [5.41, 5.74) is 2.77. The van der Waals surface area contributed by atoms with E-state index in [1.165, 1.54) is 17.7 Å². The molecule has 2 amide bonds. The van der Waals surface area contributed by atoms with Crippen LogP contribution in [-0.2, 0) is 24.2 Å². The van der Waals surface area contributed by atoms with Gasteiger partial charge in [0.15, 0.2) is 0 Å². The lowest BCUT2D eigenvalue weighted by Crippen LogP contribution is -2.28. The van der Waals surface area contributed by atoms with Crippen LogP contribution in [0.15, 0.2) is 6.07 Å². The molecule has 9 heteroatoms. The lowest BCUT2D eigenvalue weighted by atomic mass is 9.84. The molecule has 2 aromatic rings. The zero-order valence-corrected chi connectivity index (χ0v) is 21.5. The molecule has 0 aliphatic heterocycles. The number of fused-ring (bicyclic) bond motifs is 1. The van der Waals surface area contributed by atoms with Gasteiger partial charge in [0.1, 0.15) is 10.8 Å². The number of thiophene rings is 1. The van der Waals surface area contributed by atoms with Crippen molar-refractivity contribution in [1.29, 1.82) is 0 Å². The summed E-state index contributed by atoms with van der Waals surface area (Å²) in [5.74, 6) is 2.03. The van der Waals surface area contributed by atoms with E-state index in [2.05, 4.69) is 28.0 Å². The molecule has 2 fully saturated rings. The first-order valence-corrected chi connectivity index (χ1v) is 13.7. The van der Waals surface area contributed by atoms with E-state index < -0.39 is 0 Å². The van der Waals surface area contributed by atoms with E-state index in [1.54, 1.807) is 11.3 Å². The summed E-state index contributed by atoms with van der Waals surface area (Å²) in [5, 5.41) is 14.8. The van der Waals surface area contributed by atoms with Gasteiger partial charge in [-0.05, 0) is 76.2 Å². The van der Waals surface area contributed by atoms with Crippen molar-refractivity contribution in [2.24, 2.45) is 17.8 Å². The number of carbonyl (C=O) groups excluding carboxylic acids is 2. The van der Waals surface area contributed by atoms with Crippen LogP contribution in [0.3, 0.4) is 0 Å². The summed E-state index contributed by atoms with van der Waals surface area (Å²) >= 11 is 7.30. The van der Waals surface area contributed by atoms with Crippen LogP contribution < -0.4 is 16.0 Å². The molecule has 0 aromatic carbocycles. The van der Waals surface area contributed by atoms with Crippen molar-refractivity contribution >= 4 is 51.2 Å². The Morgan fingerprint density at radius 1 is 1.18 bits per heavy atom. The molecular formula is C25H33N5O2S2. The summed E-state index contributed by atoms with van der Waals surface area (Å²) < 4.78 is 1.93. The number of rotatable bonds is 9. The van der Waals surface area contributed by atoms with E-state index in [0.717, 1.165) is 78.7 Å². The van der Waals surface area contributed by atoms with E-state index in [1.807, 2.05) is 17.7 Å². The lowest BCUT2D eigenvalue weighted by molar-refractivity contribution is -0.117. The van der Waals surface area contributed by atoms with Crippen LogP contribution in [0, 0.1) is 24.7 Å². The molecule has 3 aliphatic rings. The highest BCUT2D eigenvalue weighted by molar-refractivity contribution is 7.80. The Balaban J connectivity index is 1.30. The standard InChI is InChI=1S/C25H33N5O2S2/c1-3-30-20(10-14(2)29-30)27-21(33)12-16-6-9-19-18(11-16)22(24(32)26-13-15-4-5-15)25(34-19)28-23(31)17-7-8-17/h10,15-17H,3-9,11-13H2,1-2H3,(H,26,32)(H,27,33)(H,28,31)/t16-/m0/s1. The van der Waals surface area contributed by atoms with E-state index in [-0.39, 0.29) is 17.7 Å². The molecule has 0 unspecified atom stereocenters. The van der Waals surface area contributed by atoms with Gasteiger partial charge in [0.05, 0.1) is 16.2 Å².